The van der Waals surface area contributed by atoms with E-state index >= 15 is 0 Å². The summed E-state index contributed by atoms with van der Waals surface area (Å²) in [5.41, 5.74) is 1.77. The van der Waals surface area contributed by atoms with Crippen LogP contribution in [0.1, 0.15) is 23.2 Å². The number of rotatable bonds is 5. The minimum Gasteiger partial charge on any atom is -0.497 e. The minimum absolute atomic E-state index is 0.00462. The second-order valence-corrected chi connectivity index (χ2v) is 9.23. The highest BCUT2D eigenvalue weighted by Crippen LogP contribution is 2.28. The van der Waals surface area contributed by atoms with Crippen LogP contribution >= 0.6 is 11.6 Å². The van der Waals surface area contributed by atoms with Crippen LogP contribution in [-0.2, 0) is 10.0 Å². The molecule has 0 aromatic heterocycles. The topological polar surface area (TPSA) is 66.9 Å². The maximum atomic E-state index is 13.1. The molecule has 1 saturated heterocycles. The van der Waals surface area contributed by atoms with Crippen LogP contribution in [0, 0.1) is 0 Å². The number of halogens is 1. The maximum absolute atomic E-state index is 13.1. The monoisotopic (exact) mass is 434 g/mol. The van der Waals surface area contributed by atoms with Gasteiger partial charge >= 0.3 is 0 Å². The van der Waals surface area contributed by atoms with Crippen LogP contribution < -0.4 is 9.04 Å². The smallest absolute Gasteiger partial charge is 0.264 e. The van der Waals surface area contributed by atoms with Crippen LogP contribution in [0.3, 0.4) is 0 Å². The number of methoxy groups -OCH3 is 1. The fourth-order valence-electron chi connectivity index (χ4n) is 3.11. The van der Waals surface area contributed by atoms with Crippen molar-refractivity contribution in [2.75, 3.05) is 31.6 Å². The van der Waals surface area contributed by atoms with Gasteiger partial charge in [-0.2, -0.15) is 0 Å². The van der Waals surface area contributed by atoms with Crippen LogP contribution in [0.4, 0.5) is 5.69 Å². The summed E-state index contributed by atoms with van der Waals surface area (Å²) < 4.78 is 32.5. The predicted octanol–water partition coefficient (Wildman–Crippen LogP) is 3.97. The highest BCUT2D eigenvalue weighted by atomic mass is 35.5. The van der Waals surface area contributed by atoms with Gasteiger partial charge < -0.3 is 9.64 Å². The summed E-state index contributed by atoms with van der Waals surface area (Å²) in [7, 11) is -0.871. The fourth-order valence-corrected chi connectivity index (χ4v) is 4.53. The van der Waals surface area contributed by atoms with Gasteiger partial charge in [-0.15, -0.1) is 0 Å². The third kappa shape index (κ3) is 4.41. The van der Waals surface area contributed by atoms with Crippen molar-refractivity contribution in [3.05, 3.63) is 65.2 Å². The van der Waals surface area contributed by atoms with Gasteiger partial charge in [0.1, 0.15) is 5.75 Å². The summed E-state index contributed by atoms with van der Waals surface area (Å²) in [6, 6.07) is 10.9. The standard InChI is InChI=1S/C21H23ClN2O4S/c1-15-10-12-24(13-11-15)21(25)19-14-18(8-9-20(19)22)29(26,27)23(2)16-4-6-17(28-3)7-5-16/h4-9,14H,1,10-13H2,2-3H3. The number of sulfonamides is 1. The summed E-state index contributed by atoms with van der Waals surface area (Å²) in [5.74, 6) is 0.356. The normalized spacial score (nSPS) is 14.6. The van der Waals surface area contributed by atoms with E-state index in [0.29, 0.717) is 24.5 Å². The maximum Gasteiger partial charge on any atom is 0.264 e. The molecule has 0 aliphatic carbocycles. The third-order valence-corrected chi connectivity index (χ3v) is 7.13. The Labute approximate surface area is 176 Å². The van der Waals surface area contributed by atoms with Crippen molar-refractivity contribution in [3.8, 4) is 5.75 Å². The van der Waals surface area contributed by atoms with Crippen molar-refractivity contribution >= 4 is 33.2 Å². The molecule has 1 heterocycles. The Hall–Kier alpha value is -2.51. The Morgan fingerprint density at radius 3 is 2.34 bits per heavy atom. The van der Waals surface area contributed by atoms with Gasteiger partial charge in [-0.05, 0) is 55.3 Å². The molecule has 1 amide bonds. The van der Waals surface area contributed by atoms with Gasteiger partial charge in [0.05, 0.1) is 28.3 Å². The zero-order chi connectivity index (χ0) is 21.2. The first-order chi connectivity index (χ1) is 13.7. The molecular formula is C21H23ClN2O4S. The van der Waals surface area contributed by atoms with E-state index in [1.807, 2.05) is 0 Å². The number of piperidine rings is 1. The molecule has 6 nitrogen and oxygen atoms in total. The molecule has 0 N–H and O–H groups in total. The molecule has 154 valence electrons. The number of amides is 1. The molecule has 8 heteroatoms. The molecular weight excluding hydrogens is 412 g/mol. The largest absolute Gasteiger partial charge is 0.497 e. The zero-order valence-corrected chi connectivity index (χ0v) is 18.0. The molecule has 0 atom stereocenters. The van der Waals surface area contributed by atoms with Gasteiger partial charge in [0.15, 0.2) is 0 Å². The fraction of sp³-hybridized carbons (Fsp3) is 0.286. The van der Waals surface area contributed by atoms with Gasteiger partial charge in [0.2, 0.25) is 0 Å². The lowest BCUT2D eigenvalue weighted by molar-refractivity contribution is 0.0743. The molecule has 29 heavy (non-hydrogen) atoms. The van der Waals surface area contributed by atoms with E-state index in [0.717, 1.165) is 22.7 Å². The third-order valence-electron chi connectivity index (χ3n) is 5.02. The molecule has 1 aliphatic heterocycles. The van der Waals surface area contributed by atoms with Crippen molar-refractivity contribution in [3.63, 3.8) is 0 Å². The van der Waals surface area contributed by atoms with Crippen LogP contribution in [0.2, 0.25) is 5.02 Å². The molecule has 1 aliphatic rings. The molecule has 2 aromatic rings. The van der Waals surface area contributed by atoms with Gasteiger partial charge in [0, 0.05) is 20.1 Å². The molecule has 1 fully saturated rings. The molecule has 0 spiro atoms. The Balaban J connectivity index is 1.90. The van der Waals surface area contributed by atoms with E-state index in [1.165, 1.54) is 25.2 Å². The first-order valence-corrected chi connectivity index (χ1v) is 10.9. The number of anilines is 1. The van der Waals surface area contributed by atoms with Crippen LogP contribution in [0.25, 0.3) is 0 Å². The molecule has 0 unspecified atom stereocenters. The lowest BCUT2D eigenvalue weighted by atomic mass is 10.0. The second-order valence-electron chi connectivity index (χ2n) is 6.85. The number of carbonyl (C=O) groups is 1. The van der Waals surface area contributed by atoms with Crippen molar-refractivity contribution in [1.82, 2.24) is 4.90 Å². The van der Waals surface area contributed by atoms with E-state index < -0.39 is 10.0 Å². The summed E-state index contributed by atoms with van der Waals surface area (Å²) in [5, 5.41) is 0.227. The number of carbonyl (C=O) groups excluding carboxylic acids is 1. The quantitative estimate of drug-likeness (QED) is 0.668. The van der Waals surface area contributed by atoms with Crippen molar-refractivity contribution in [1.29, 1.82) is 0 Å². The van der Waals surface area contributed by atoms with Crippen molar-refractivity contribution in [2.45, 2.75) is 17.7 Å². The van der Waals surface area contributed by atoms with Gasteiger partial charge in [-0.25, -0.2) is 8.42 Å². The highest BCUT2D eigenvalue weighted by molar-refractivity contribution is 7.92. The number of benzene rings is 2. The van der Waals surface area contributed by atoms with E-state index in [4.69, 9.17) is 16.3 Å². The van der Waals surface area contributed by atoms with E-state index in [2.05, 4.69) is 6.58 Å². The Morgan fingerprint density at radius 1 is 1.14 bits per heavy atom. The number of hydrogen-bond acceptors (Lipinski definition) is 4. The van der Waals surface area contributed by atoms with Gasteiger partial charge in [-0.3, -0.25) is 9.10 Å². The van der Waals surface area contributed by atoms with Crippen LogP contribution in [-0.4, -0.2) is 46.5 Å². The zero-order valence-electron chi connectivity index (χ0n) is 16.4. The summed E-state index contributed by atoms with van der Waals surface area (Å²) in [6.45, 7) is 5.05. The molecule has 2 aromatic carbocycles. The Kier molecular flexibility index (Phi) is 6.19. The van der Waals surface area contributed by atoms with Crippen molar-refractivity contribution < 1.29 is 17.9 Å². The summed E-state index contributed by atoms with van der Waals surface area (Å²) in [6.07, 6.45) is 1.48. The summed E-state index contributed by atoms with van der Waals surface area (Å²) >= 11 is 6.23. The van der Waals surface area contributed by atoms with Gasteiger partial charge in [0.25, 0.3) is 15.9 Å². The molecule has 0 radical (unpaired) electrons. The number of hydrogen-bond donors (Lipinski definition) is 0. The number of nitrogens with zero attached hydrogens (tertiary/aromatic N) is 2. The molecule has 0 saturated carbocycles. The average Bonchev–Trinajstić information content (AvgIpc) is 2.73. The van der Waals surface area contributed by atoms with Crippen LogP contribution in [0.5, 0.6) is 5.75 Å². The lowest BCUT2D eigenvalue weighted by Gasteiger charge is -2.28. The van der Waals surface area contributed by atoms with Gasteiger partial charge in [-0.1, -0.05) is 23.8 Å². The van der Waals surface area contributed by atoms with E-state index in [1.54, 1.807) is 36.3 Å². The van der Waals surface area contributed by atoms with E-state index in [-0.39, 0.29) is 21.4 Å². The number of likely N-dealkylation sites (tertiary alicyclic amines) is 1. The minimum atomic E-state index is -3.87. The molecule has 3 rings (SSSR count). The average molecular weight is 435 g/mol. The molecule has 0 bridgehead atoms. The van der Waals surface area contributed by atoms with E-state index in [9.17, 15) is 13.2 Å². The van der Waals surface area contributed by atoms with Crippen LogP contribution in [0.15, 0.2) is 59.5 Å². The highest BCUT2D eigenvalue weighted by Gasteiger charge is 2.26. The summed E-state index contributed by atoms with van der Waals surface area (Å²) in [4.78, 5) is 14.6. The second kappa shape index (κ2) is 8.47. The lowest BCUT2D eigenvalue weighted by Crippen LogP contribution is -2.36. The number of ether oxygens (including phenoxy) is 1. The first kappa shape index (κ1) is 21.2. The first-order valence-electron chi connectivity index (χ1n) is 9.12. The Bertz CT molecular complexity index is 1030. The SMILES string of the molecule is C=C1CCN(C(=O)c2cc(S(=O)(=O)N(C)c3ccc(OC)cc3)ccc2Cl)CC1. The van der Waals surface area contributed by atoms with Crippen molar-refractivity contribution in [2.24, 2.45) is 0 Å². The Morgan fingerprint density at radius 2 is 1.76 bits per heavy atom. The predicted molar refractivity (Wildman–Crippen MR) is 114 cm³/mol.